The van der Waals surface area contributed by atoms with Gasteiger partial charge < -0.3 is 9.57 Å². The Morgan fingerprint density at radius 3 is 3.44 bits per heavy atom. The molecule has 0 saturated carbocycles. The van der Waals surface area contributed by atoms with E-state index in [0.717, 1.165) is 25.3 Å². The number of fused-ring (bicyclic) bond motifs is 1. The highest BCUT2D eigenvalue weighted by atomic mass is 16.6. The molecular weight excluding hydrogens is 118 g/mol. The Labute approximate surface area is 53.6 Å². The molecule has 9 heavy (non-hydrogen) atoms. The van der Waals surface area contributed by atoms with E-state index in [1.54, 1.807) is 0 Å². The van der Waals surface area contributed by atoms with Crippen LogP contribution >= 0.6 is 0 Å². The van der Waals surface area contributed by atoms with E-state index in [9.17, 15) is 0 Å². The Hall–Kier alpha value is -0.570. The van der Waals surface area contributed by atoms with Crippen molar-refractivity contribution in [2.75, 3.05) is 19.8 Å². The largest absolute Gasteiger partial charge is 0.395 e. The fourth-order valence-electron chi connectivity index (χ4n) is 1.18. The Morgan fingerprint density at radius 2 is 2.56 bits per heavy atom. The Kier molecular flexibility index (Phi) is 1.16. The Morgan fingerprint density at radius 1 is 1.56 bits per heavy atom. The van der Waals surface area contributed by atoms with Crippen LogP contribution in [0.4, 0.5) is 0 Å². The first-order chi connectivity index (χ1) is 4.47. The summed E-state index contributed by atoms with van der Waals surface area (Å²) in [5.74, 6) is 0.568. The van der Waals surface area contributed by atoms with Gasteiger partial charge in [0, 0.05) is 12.5 Å². The summed E-state index contributed by atoms with van der Waals surface area (Å²) in [6.07, 6.45) is 1.08. The molecule has 1 fully saturated rings. The van der Waals surface area contributed by atoms with E-state index in [1.165, 1.54) is 0 Å². The Balaban J connectivity index is 2.09. The lowest BCUT2D eigenvalue weighted by Gasteiger charge is -2.15. The normalized spacial score (nSPS) is 32.9. The van der Waals surface area contributed by atoms with Gasteiger partial charge in [-0.25, -0.2) is 0 Å². The average molecular weight is 127 g/mol. The van der Waals surface area contributed by atoms with Gasteiger partial charge in [-0.1, -0.05) is 5.16 Å². The van der Waals surface area contributed by atoms with E-state index < -0.39 is 0 Å². The number of ether oxygens (including phenoxy) is 1. The lowest BCUT2D eigenvalue weighted by atomic mass is 10.0. The van der Waals surface area contributed by atoms with Crippen molar-refractivity contribution in [3.63, 3.8) is 0 Å². The van der Waals surface area contributed by atoms with Gasteiger partial charge in [0.15, 0.2) is 0 Å². The van der Waals surface area contributed by atoms with E-state index in [-0.39, 0.29) is 0 Å². The van der Waals surface area contributed by atoms with Crippen molar-refractivity contribution in [1.29, 1.82) is 0 Å². The van der Waals surface area contributed by atoms with Crippen molar-refractivity contribution in [2.24, 2.45) is 11.1 Å². The molecule has 1 saturated heterocycles. The minimum atomic E-state index is 0.568. The van der Waals surface area contributed by atoms with E-state index in [2.05, 4.69) is 5.16 Å². The minimum Gasteiger partial charge on any atom is -0.395 e. The second-order valence-corrected chi connectivity index (χ2v) is 2.42. The third kappa shape index (κ3) is 0.812. The van der Waals surface area contributed by atoms with Crippen LogP contribution in [0.1, 0.15) is 6.42 Å². The van der Waals surface area contributed by atoms with Gasteiger partial charge in [-0.05, 0) is 6.42 Å². The monoisotopic (exact) mass is 127 g/mol. The number of oxime groups is 1. The molecule has 0 spiro atoms. The van der Waals surface area contributed by atoms with Crippen molar-refractivity contribution in [3.8, 4) is 0 Å². The zero-order chi connectivity index (χ0) is 6.10. The van der Waals surface area contributed by atoms with E-state index in [1.807, 2.05) is 0 Å². The van der Waals surface area contributed by atoms with Gasteiger partial charge in [-0.3, -0.25) is 0 Å². The standard InChI is InChI=1S/C6H9NO2/c1-2-8-4-6-5(1)3-9-7-6/h5H,1-4H2/t5-/m1/s1. The molecule has 0 bridgehead atoms. The summed E-state index contributed by atoms with van der Waals surface area (Å²) in [7, 11) is 0. The summed E-state index contributed by atoms with van der Waals surface area (Å²) in [5.41, 5.74) is 1.10. The molecule has 0 aromatic carbocycles. The van der Waals surface area contributed by atoms with Crippen LogP contribution in [0.3, 0.4) is 0 Å². The van der Waals surface area contributed by atoms with E-state index in [0.29, 0.717) is 12.5 Å². The molecule has 3 nitrogen and oxygen atoms in total. The van der Waals surface area contributed by atoms with Gasteiger partial charge in [0.25, 0.3) is 0 Å². The first-order valence-corrected chi connectivity index (χ1v) is 3.23. The highest BCUT2D eigenvalue weighted by molar-refractivity contribution is 5.89. The first kappa shape index (κ1) is 5.23. The van der Waals surface area contributed by atoms with Crippen LogP contribution in [0.25, 0.3) is 0 Å². The average Bonchev–Trinajstić information content (AvgIpc) is 2.33. The highest BCUT2D eigenvalue weighted by Crippen LogP contribution is 2.17. The topological polar surface area (TPSA) is 30.8 Å². The SMILES string of the molecule is C1C[C@@H]2CON=C2CO1. The summed E-state index contributed by atoms with van der Waals surface area (Å²) < 4.78 is 5.17. The quantitative estimate of drug-likeness (QED) is 0.472. The summed E-state index contributed by atoms with van der Waals surface area (Å²) in [5, 5.41) is 3.85. The lowest BCUT2D eigenvalue weighted by molar-refractivity contribution is 0.120. The minimum absolute atomic E-state index is 0.568. The number of hydrogen-bond acceptors (Lipinski definition) is 3. The third-order valence-electron chi connectivity index (χ3n) is 1.79. The summed E-state index contributed by atoms with van der Waals surface area (Å²) in [6.45, 7) is 2.33. The van der Waals surface area contributed by atoms with Crippen LogP contribution in [0.2, 0.25) is 0 Å². The lowest BCUT2D eigenvalue weighted by Crippen LogP contribution is -2.26. The van der Waals surface area contributed by atoms with Gasteiger partial charge in [-0.15, -0.1) is 0 Å². The number of nitrogens with zero attached hydrogens (tertiary/aromatic N) is 1. The van der Waals surface area contributed by atoms with E-state index in [4.69, 9.17) is 9.57 Å². The second kappa shape index (κ2) is 1.99. The highest BCUT2D eigenvalue weighted by Gasteiger charge is 2.26. The molecule has 2 rings (SSSR count). The van der Waals surface area contributed by atoms with Crippen molar-refractivity contribution in [3.05, 3.63) is 0 Å². The summed E-state index contributed by atoms with van der Waals surface area (Å²) in [4.78, 5) is 4.90. The molecule has 0 amide bonds. The number of rotatable bonds is 0. The van der Waals surface area contributed by atoms with Gasteiger partial charge in [0.2, 0.25) is 0 Å². The molecule has 2 aliphatic heterocycles. The second-order valence-electron chi connectivity index (χ2n) is 2.42. The van der Waals surface area contributed by atoms with Crippen LogP contribution in [0, 0.1) is 5.92 Å². The smallest absolute Gasteiger partial charge is 0.125 e. The summed E-state index contributed by atoms with van der Waals surface area (Å²) in [6, 6.07) is 0. The molecule has 1 atom stereocenters. The first-order valence-electron chi connectivity index (χ1n) is 3.23. The maximum Gasteiger partial charge on any atom is 0.125 e. The molecule has 3 heteroatoms. The Bertz CT molecular complexity index is 144. The molecule has 0 aliphatic carbocycles. The fraction of sp³-hybridized carbons (Fsp3) is 0.833. The molecule has 0 aromatic heterocycles. The van der Waals surface area contributed by atoms with Crippen molar-refractivity contribution < 1.29 is 9.57 Å². The maximum absolute atomic E-state index is 5.17. The van der Waals surface area contributed by atoms with Gasteiger partial charge in [0.1, 0.15) is 6.61 Å². The van der Waals surface area contributed by atoms with Gasteiger partial charge >= 0.3 is 0 Å². The zero-order valence-corrected chi connectivity index (χ0v) is 5.17. The molecule has 0 N–H and O–H groups in total. The van der Waals surface area contributed by atoms with Gasteiger partial charge in [-0.2, -0.15) is 0 Å². The van der Waals surface area contributed by atoms with Crippen LogP contribution < -0.4 is 0 Å². The maximum atomic E-state index is 5.17. The number of hydrogen-bond donors (Lipinski definition) is 0. The molecule has 0 radical (unpaired) electrons. The van der Waals surface area contributed by atoms with Crippen molar-refractivity contribution >= 4 is 5.71 Å². The fourth-order valence-corrected chi connectivity index (χ4v) is 1.18. The van der Waals surface area contributed by atoms with Crippen LogP contribution in [-0.2, 0) is 9.57 Å². The molecule has 0 aromatic rings. The molecule has 50 valence electrons. The van der Waals surface area contributed by atoms with Crippen molar-refractivity contribution in [1.82, 2.24) is 0 Å². The molecular formula is C6H9NO2. The zero-order valence-electron chi connectivity index (χ0n) is 5.17. The predicted molar refractivity (Wildman–Crippen MR) is 32.3 cm³/mol. The predicted octanol–water partition coefficient (Wildman–Crippen LogP) is 0.409. The van der Waals surface area contributed by atoms with Crippen molar-refractivity contribution in [2.45, 2.75) is 6.42 Å². The van der Waals surface area contributed by atoms with Crippen LogP contribution in [-0.4, -0.2) is 25.5 Å². The molecule has 2 aliphatic rings. The molecule has 2 heterocycles. The van der Waals surface area contributed by atoms with Gasteiger partial charge in [0.05, 0.1) is 12.3 Å². The molecule has 0 unspecified atom stereocenters. The van der Waals surface area contributed by atoms with E-state index >= 15 is 0 Å². The summed E-state index contributed by atoms with van der Waals surface area (Å²) >= 11 is 0. The van der Waals surface area contributed by atoms with Crippen LogP contribution in [0.15, 0.2) is 5.16 Å². The third-order valence-corrected chi connectivity index (χ3v) is 1.79. The van der Waals surface area contributed by atoms with Crippen LogP contribution in [0.5, 0.6) is 0 Å².